The van der Waals surface area contributed by atoms with Gasteiger partial charge in [-0.15, -0.1) is 0 Å². The number of carboxylic acids is 1. The maximum atomic E-state index is 10.9. The summed E-state index contributed by atoms with van der Waals surface area (Å²) in [5.41, 5.74) is 1.34. The third-order valence-electron chi connectivity index (χ3n) is 4.18. The van der Waals surface area contributed by atoms with Gasteiger partial charge in [0.2, 0.25) is 0 Å². The second kappa shape index (κ2) is 8.79. The van der Waals surface area contributed by atoms with Crippen LogP contribution in [0.25, 0.3) is 0 Å². The summed E-state index contributed by atoms with van der Waals surface area (Å²) in [6.45, 7) is 2.83. The fourth-order valence-corrected chi connectivity index (χ4v) is 2.84. The molecule has 1 aliphatic rings. The van der Waals surface area contributed by atoms with Crippen LogP contribution in [-0.4, -0.2) is 29.8 Å². The van der Waals surface area contributed by atoms with E-state index in [1.165, 1.54) is 37.7 Å². The molecule has 1 saturated heterocycles. The van der Waals surface area contributed by atoms with Crippen LogP contribution in [0.4, 0.5) is 0 Å². The Morgan fingerprint density at radius 2 is 1.95 bits per heavy atom. The van der Waals surface area contributed by atoms with Crippen LogP contribution in [0.15, 0.2) is 24.3 Å². The zero-order valence-electron chi connectivity index (χ0n) is 13.4. The average molecular weight is 305 g/mol. The Morgan fingerprint density at radius 3 is 2.59 bits per heavy atom. The van der Waals surface area contributed by atoms with E-state index in [0.717, 1.165) is 12.2 Å². The van der Waals surface area contributed by atoms with Crippen molar-refractivity contribution in [3.63, 3.8) is 0 Å². The van der Waals surface area contributed by atoms with Crippen LogP contribution in [0.5, 0.6) is 5.75 Å². The summed E-state index contributed by atoms with van der Waals surface area (Å²) in [6, 6.07) is 7.75. The van der Waals surface area contributed by atoms with Crippen molar-refractivity contribution < 1.29 is 14.6 Å². The van der Waals surface area contributed by atoms with Crippen molar-refractivity contribution in [3.8, 4) is 5.75 Å². The Kier molecular flexibility index (Phi) is 6.72. The number of ether oxygens (including phenoxy) is 1. The van der Waals surface area contributed by atoms with Crippen molar-refractivity contribution >= 4 is 5.97 Å². The molecule has 1 aromatic rings. The highest BCUT2D eigenvalue weighted by molar-refractivity contribution is 5.73. The molecule has 0 bridgehead atoms. The maximum Gasteiger partial charge on any atom is 0.320 e. The molecule has 4 nitrogen and oxygen atoms in total. The van der Waals surface area contributed by atoms with E-state index in [-0.39, 0.29) is 6.10 Å². The van der Waals surface area contributed by atoms with Crippen molar-refractivity contribution in [1.82, 2.24) is 5.32 Å². The molecule has 4 heteroatoms. The number of aliphatic carboxylic acids is 1. The minimum absolute atomic E-state index is 0.0546. The van der Waals surface area contributed by atoms with Gasteiger partial charge in [-0.3, -0.25) is 4.79 Å². The van der Waals surface area contributed by atoms with Gasteiger partial charge in [0.05, 0.1) is 0 Å². The highest BCUT2D eigenvalue weighted by Gasteiger charge is 2.30. The van der Waals surface area contributed by atoms with E-state index < -0.39 is 12.0 Å². The number of nitrogens with one attached hydrogen (secondary N) is 1. The lowest BCUT2D eigenvalue weighted by Gasteiger charge is -2.13. The van der Waals surface area contributed by atoms with Crippen LogP contribution in [0.3, 0.4) is 0 Å². The summed E-state index contributed by atoms with van der Waals surface area (Å²) in [6.07, 6.45) is 8.08. The molecular formula is C18H27NO3. The van der Waals surface area contributed by atoms with E-state index in [0.29, 0.717) is 13.0 Å². The number of carbonyl (C=O) groups is 1. The minimum atomic E-state index is -0.801. The van der Waals surface area contributed by atoms with Gasteiger partial charge >= 0.3 is 5.97 Å². The molecular weight excluding hydrogens is 278 g/mol. The van der Waals surface area contributed by atoms with Gasteiger partial charge in [-0.05, 0) is 30.5 Å². The number of carboxylic acid groups (broad SMARTS) is 1. The normalized spacial score (nSPS) is 21.0. The predicted molar refractivity (Wildman–Crippen MR) is 87.4 cm³/mol. The molecule has 22 heavy (non-hydrogen) atoms. The molecule has 2 atom stereocenters. The van der Waals surface area contributed by atoms with Crippen molar-refractivity contribution in [2.24, 2.45) is 0 Å². The monoisotopic (exact) mass is 305 g/mol. The topological polar surface area (TPSA) is 58.6 Å². The van der Waals surface area contributed by atoms with Crippen molar-refractivity contribution in [3.05, 3.63) is 29.8 Å². The van der Waals surface area contributed by atoms with Crippen molar-refractivity contribution in [2.45, 2.75) is 64.0 Å². The summed E-state index contributed by atoms with van der Waals surface area (Å²) in [7, 11) is 0. The summed E-state index contributed by atoms with van der Waals surface area (Å²) in [4.78, 5) is 10.9. The van der Waals surface area contributed by atoms with E-state index >= 15 is 0 Å². The SMILES string of the molecule is CCCCCCCc1ccc(O[C@H]2CN[C@@H](C(=O)O)C2)cc1. The summed E-state index contributed by atoms with van der Waals surface area (Å²) >= 11 is 0. The Labute approximate surface area is 132 Å². The molecule has 0 saturated carbocycles. The van der Waals surface area contributed by atoms with E-state index in [2.05, 4.69) is 24.4 Å². The Bertz CT molecular complexity index is 458. The Balaban J connectivity index is 1.72. The number of rotatable bonds is 9. The molecule has 2 N–H and O–H groups in total. The standard InChI is InChI=1S/C18H27NO3/c1-2-3-4-5-6-7-14-8-10-15(11-9-14)22-16-12-17(18(20)21)19-13-16/h8-11,16-17,19H,2-7,12-13H2,1H3,(H,20,21)/t16-,17-/m1/s1. The van der Waals surface area contributed by atoms with Gasteiger partial charge in [-0.2, -0.15) is 0 Å². The lowest BCUT2D eigenvalue weighted by atomic mass is 10.1. The third kappa shape index (κ3) is 5.34. The smallest absolute Gasteiger partial charge is 0.320 e. The van der Waals surface area contributed by atoms with Crippen molar-refractivity contribution in [1.29, 1.82) is 0 Å². The predicted octanol–water partition coefficient (Wildman–Crippen LogP) is 3.39. The minimum Gasteiger partial charge on any atom is -0.489 e. The van der Waals surface area contributed by atoms with E-state index in [1.54, 1.807) is 0 Å². The third-order valence-corrected chi connectivity index (χ3v) is 4.18. The molecule has 0 spiro atoms. The van der Waals surface area contributed by atoms with Gasteiger partial charge in [0, 0.05) is 13.0 Å². The maximum absolute atomic E-state index is 10.9. The average Bonchev–Trinajstić information content (AvgIpc) is 2.97. The van der Waals surface area contributed by atoms with Gasteiger partial charge in [0.25, 0.3) is 0 Å². The first-order chi connectivity index (χ1) is 10.7. The lowest BCUT2D eigenvalue weighted by Crippen LogP contribution is -2.30. The molecule has 0 aromatic heterocycles. The molecule has 0 aliphatic carbocycles. The first kappa shape index (κ1) is 16.8. The number of benzene rings is 1. The molecule has 1 aromatic carbocycles. The molecule has 2 rings (SSSR count). The van der Waals surface area contributed by atoms with E-state index in [1.807, 2.05) is 12.1 Å². The number of aryl methyl sites for hydroxylation is 1. The highest BCUT2D eigenvalue weighted by Crippen LogP contribution is 2.19. The van der Waals surface area contributed by atoms with E-state index in [9.17, 15) is 4.79 Å². The molecule has 0 amide bonds. The van der Waals surface area contributed by atoms with Crippen LogP contribution in [0.1, 0.15) is 51.0 Å². The van der Waals surface area contributed by atoms with Crippen LogP contribution in [0, 0.1) is 0 Å². The van der Waals surface area contributed by atoms with Gasteiger partial charge in [0.15, 0.2) is 0 Å². The molecule has 1 fully saturated rings. The number of unbranched alkanes of at least 4 members (excludes halogenated alkanes) is 4. The van der Waals surface area contributed by atoms with Crippen molar-refractivity contribution in [2.75, 3.05) is 6.54 Å². The van der Waals surface area contributed by atoms with Crippen LogP contribution < -0.4 is 10.1 Å². The van der Waals surface area contributed by atoms with E-state index in [4.69, 9.17) is 9.84 Å². The highest BCUT2D eigenvalue weighted by atomic mass is 16.5. The second-order valence-electron chi connectivity index (χ2n) is 6.08. The fraction of sp³-hybridized carbons (Fsp3) is 0.611. The summed E-state index contributed by atoms with van der Waals surface area (Å²) in [5.74, 6) is 0.0251. The first-order valence-electron chi connectivity index (χ1n) is 8.41. The zero-order valence-corrected chi connectivity index (χ0v) is 13.4. The quantitative estimate of drug-likeness (QED) is 0.687. The Morgan fingerprint density at radius 1 is 1.23 bits per heavy atom. The zero-order chi connectivity index (χ0) is 15.8. The van der Waals surface area contributed by atoms with Crippen LogP contribution in [-0.2, 0) is 11.2 Å². The molecule has 1 heterocycles. The molecule has 0 radical (unpaired) electrons. The summed E-state index contributed by atoms with van der Waals surface area (Å²) in [5, 5.41) is 11.9. The fourth-order valence-electron chi connectivity index (χ4n) is 2.84. The lowest BCUT2D eigenvalue weighted by molar-refractivity contribution is -0.139. The first-order valence-corrected chi connectivity index (χ1v) is 8.41. The number of hydrogen-bond donors (Lipinski definition) is 2. The van der Waals surface area contributed by atoms with Crippen LogP contribution in [0.2, 0.25) is 0 Å². The molecule has 122 valence electrons. The second-order valence-corrected chi connectivity index (χ2v) is 6.08. The van der Waals surface area contributed by atoms with Gasteiger partial charge in [-0.25, -0.2) is 0 Å². The Hall–Kier alpha value is -1.55. The van der Waals surface area contributed by atoms with Gasteiger partial charge < -0.3 is 15.2 Å². The van der Waals surface area contributed by atoms with Gasteiger partial charge in [0.1, 0.15) is 17.9 Å². The summed E-state index contributed by atoms with van der Waals surface area (Å²) < 4.78 is 5.84. The van der Waals surface area contributed by atoms with Gasteiger partial charge in [-0.1, -0.05) is 44.7 Å². The number of hydrogen-bond acceptors (Lipinski definition) is 3. The largest absolute Gasteiger partial charge is 0.489 e. The van der Waals surface area contributed by atoms with Crippen LogP contribution >= 0.6 is 0 Å². The molecule has 0 unspecified atom stereocenters. The molecule has 1 aliphatic heterocycles.